The van der Waals surface area contributed by atoms with Gasteiger partial charge in [0.1, 0.15) is 0 Å². The summed E-state index contributed by atoms with van der Waals surface area (Å²) in [5.74, 6) is -0.0387. The van der Waals surface area contributed by atoms with Crippen LogP contribution in [0.25, 0.3) is 0 Å². The molecule has 0 bridgehead atoms. The normalized spacial score (nSPS) is 11.8. The molecular weight excluding hydrogens is 328 g/mol. The number of carbonyl (C=O) groups excluding carboxylic acids is 1. The molecule has 2 aromatic rings. The fourth-order valence-electron chi connectivity index (χ4n) is 1.93. The molecule has 122 valence electrons. The fraction of sp³-hybridized carbons (Fsp3) is 0.312. The third-order valence-corrected chi connectivity index (χ3v) is 5.25. The predicted octanol–water partition coefficient (Wildman–Crippen LogP) is 3.87. The Labute approximate surface area is 144 Å². The summed E-state index contributed by atoms with van der Waals surface area (Å²) in [6.45, 7) is 10.1. The van der Waals surface area contributed by atoms with Crippen LogP contribution in [0.4, 0.5) is 10.8 Å². The van der Waals surface area contributed by atoms with E-state index in [4.69, 9.17) is 0 Å². The molecule has 1 aromatic heterocycles. The van der Waals surface area contributed by atoms with Gasteiger partial charge in [-0.1, -0.05) is 47.4 Å². The SMILES string of the molecule is C=CCNc1nnc(S[C@H](C)C(=O)Nc2c(C)cccc2C)s1. The molecule has 0 spiro atoms. The Morgan fingerprint density at radius 1 is 1.39 bits per heavy atom. The molecule has 2 rings (SSSR count). The number of carbonyl (C=O) groups is 1. The predicted molar refractivity (Wildman–Crippen MR) is 98.5 cm³/mol. The highest BCUT2D eigenvalue weighted by molar-refractivity contribution is 8.02. The first-order valence-electron chi connectivity index (χ1n) is 7.23. The number of rotatable bonds is 7. The van der Waals surface area contributed by atoms with Gasteiger partial charge in [-0.15, -0.1) is 16.8 Å². The quantitative estimate of drug-likeness (QED) is 0.587. The highest BCUT2D eigenvalue weighted by Crippen LogP contribution is 2.30. The van der Waals surface area contributed by atoms with Crippen LogP contribution < -0.4 is 10.6 Å². The molecule has 0 aliphatic heterocycles. The van der Waals surface area contributed by atoms with Gasteiger partial charge in [0.15, 0.2) is 4.34 Å². The van der Waals surface area contributed by atoms with E-state index >= 15 is 0 Å². The second kappa shape index (κ2) is 8.12. The number of anilines is 2. The monoisotopic (exact) mass is 348 g/mol. The van der Waals surface area contributed by atoms with Gasteiger partial charge in [-0.2, -0.15) is 0 Å². The minimum absolute atomic E-state index is 0.0387. The molecule has 2 N–H and O–H groups in total. The number of hydrogen-bond donors (Lipinski definition) is 2. The third-order valence-electron chi connectivity index (χ3n) is 3.18. The average Bonchev–Trinajstić information content (AvgIpc) is 2.96. The lowest BCUT2D eigenvalue weighted by molar-refractivity contribution is -0.115. The van der Waals surface area contributed by atoms with Crippen molar-refractivity contribution in [1.82, 2.24) is 10.2 Å². The summed E-state index contributed by atoms with van der Waals surface area (Å²) in [5, 5.41) is 14.7. The molecule has 0 aliphatic rings. The van der Waals surface area contributed by atoms with Gasteiger partial charge in [0.25, 0.3) is 0 Å². The third kappa shape index (κ3) is 4.80. The molecule has 0 unspecified atom stereocenters. The molecule has 23 heavy (non-hydrogen) atoms. The number of amides is 1. The molecule has 0 radical (unpaired) electrons. The van der Waals surface area contributed by atoms with Crippen LogP contribution >= 0.6 is 23.1 Å². The largest absolute Gasteiger partial charge is 0.357 e. The van der Waals surface area contributed by atoms with E-state index in [1.807, 2.05) is 39.0 Å². The maximum Gasteiger partial charge on any atom is 0.237 e. The highest BCUT2D eigenvalue weighted by atomic mass is 32.2. The van der Waals surface area contributed by atoms with E-state index < -0.39 is 0 Å². The Bertz CT molecular complexity index is 679. The summed E-state index contributed by atoms with van der Waals surface area (Å²) >= 11 is 2.84. The van der Waals surface area contributed by atoms with Gasteiger partial charge < -0.3 is 10.6 Å². The second-order valence-electron chi connectivity index (χ2n) is 5.06. The highest BCUT2D eigenvalue weighted by Gasteiger charge is 2.18. The van der Waals surface area contributed by atoms with Gasteiger partial charge >= 0.3 is 0 Å². The summed E-state index contributed by atoms with van der Waals surface area (Å²) in [7, 11) is 0. The molecule has 7 heteroatoms. The van der Waals surface area contributed by atoms with Crippen molar-refractivity contribution in [2.75, 3.05) is 17.2 Å². The molecule has 1 aromatic carbocycles. The zero-order valence-electron chi connectivity index (χ0n) is 13.4. The minimum Gasteiger partial charge on any atom is -0.357 e. The van der Waals surface area contributed by atoms with Crippen LogP contribution in [0.3, 0.4) is 0 Å². The molecule has 0 aliphatic carbocycles. The van der Waals surface area contributed by atoms with E-state index in [9.17, 15) is 4.79 Å². The van der Waals surface area contributed by atoms with E-state index in [2.05, 4.69) is 27.4 Å². The first-order chi connectivity index (χ1) is 11.0. The number of hydrogen-bond acceptors (Lipinski definition) is 6. The lowest BCUT2D eigenvalue weighted by Gasteiger charge is -2.14. The van der Waals surface area contributed by atoms with Crippen LogP contribution in [-0.4, -0.2) is 27.9 Å². The average molecular weight is 348 g/mol. The Morgan fingerprint density at radius 2 is 2.09 bits per heavy atom. The van der Waals surface area contributed by atoms with Gasteiger partial charge in [-0.05, 0) is 31.9 Å². The fourth-order valence-corrected chi connectivity index (χ4v) is 3.83. The maximum atomic E-state index is 12.4. The molecule has 1 heterocycles. The molecule has 1 amide bonds. The van der Waals surface area contributed by atoms with Crippen LogP contribution in [0, 0.1) is 13.8 Å². The number of nitrogens with zero attached hydrogens (tertiary/aromatic N) is 2. The first kappa shape index (κ1) is 17.5. The molecule has 0 saturated carbocycles. The van der Waals surface area contributed by atoms with E-state index in [1.165, 1.54) is 23.1 Å². The Morgan fingerprint density at radius 3 is 2.74 bits per heavy atom. The van der Waals surface area contributed by atoms with Gasteiger partial charge in [-0.3, -0.25) is 4.79 Å². The van der Waals surface area contributed by atoms with Gasteiger partial charge in [0, 0.05) is 12.2 Å². The van der Waals surface area contributed by atoms with Crippen molar-refractivity contribution in [3.8, 4) is 0 Å². The van der Waals surface area contributed by atoms with Crippen LogP contribution in [-0.2, 0) is 4.79 Å². The van der Waals surface area contributed by atoms with Crippen molar-refractivity contribution < 1.29 is 4.79 Å². The lowest BCUT2D eigenvalue weighted by Crippen LogP contribution is -2.23. The zero-order chi connectivity index (χ0) is 16.8. The lowest BCUT2D eigenvalue weighted by atomic mass is 10.1. The number of aromatic nitrogens is 2. The van der Waals surface area contributed by atoms with Crippen LogP contribution in [0.15, 0.2) is 35.2 Å². The summed E-state index contributed by atoms with van der Waals surface area (Å²) in [5.41, 5.74) is 3.00. The number of thioether (sulfide) groups is 1. The Kier molecular flexibility index (Phi) is 6.18. The van der Waals surface area contributed by atoms with Crippen LogP contribution in [0.5, 0.6) is 0 Å². The summed E-state index contributed by atoms with van der Waals surface area (Å²) in [6.07, 6.45) is 1.76. The molecular formula is C16H20N4OS2. The number of aryl methyl sites for hydroxylation is 2. The molecule has 0 saturated heterocycles. The van der Waals surface area contributed by atoms with Gasteiger partial charge in [-0.25, -0.2) is 0 Å². The number of nitrogens with one attached hydrogen (secondary N) is 2. The van der Waals surface area contributed by atoms with Crippen LogP contribution in [0.2, 0.25) is 0 Å². The summed E-state index contributed by atoms with van der Waals surface area (Å²) in [6, 6.07) is 5.96. The molecule has 1 atom stereocenters. The minimum atomic E-state index is -0.255. The van der Waals surface area contributed by atoms with E-state index in [0.717, 1.165) is 26.3 Å². The number of benzene rings is 1. The smallest absolute Gasteiger partial charge is 0.237 e. The van der Waals surface area contributed by atoms with Crippen molar-refractivity contribution in [3.05, 3.63) is 42.0 Å². The maximum absolute atomic E-state index is 12.4. The zero-order valence-corrected chi connectivity index (χ0v) is 15.1. The number of para-hydroxylation sites is 1. The molecule has 0 fully saturated rings. The van der Waals surface area contributed by atoms with Crippen molar-refractivity contribution in [2.45, 2.75) is 30.4 Å². The first-order valence-corrected chi connectivity index (χ1v) is 8.93. The van der Waals surface area contributed by atoms with E-state index in [0.29, 0.717) is 6.54 Å². The van der Waals surface area contributed by atoms with Crippen molar-refractivity contribution >= 4 is 39.8 Å². The standard InChI is InChI=1S/C16H20N4OS2/c1-5-9-17-15-19-20-16(23-15)22-12(4)14(21)18-13-10(2)7-6-8-11(13)3/h5-8,12H,1,9H2,2-4H3,(H,17,19)(H,18,21)/t12-/m1/s1. The Balaban J connectivity index is 1.97. The van der Waals surface area contributed by atoms with E-state index in [1.54, 1.807) is 6.08 Å². The topological polar surface area (TPSA) is 66.9 Å². The van der Waals surface area contributed by atoms with Gasteiger partial charge in [0.05, 0.1) is 5.25 Å². The summed E-state index contributed by atoms with van der Waals surface area (Å²) < 4.78 is 0.765. The van der Waals surface area contributed by atoms with Crippen LogP contribution in [0.1, 0.15) is 18.1 Å². The van der Waals surface area contributed by atoms with Crippen molar-refractivity contribution in [3.63, 3.8) is 0 Å². The van der Waals surface area contributed by atoms with Crippen molar-refractivity contribution in [2.24, 2.45) is 0 Å². The van der Waals surface area contributed by atoms with Crippen molar-refractivity contribution in [1.29, 1.82) is 0 Å². The summed E-state index contributed by atoms with van der Waals surface area (Å²) in [4.78, 5) is 12.4. The molecule has 5 nitrogen and oxygen atoms in total. The Hall–Kier alpha value is -1.86. The second-order valence-corrected chi connectivity index (χ2v) is 7.62. The van der Waals surface area contributed by atoms with E-state index in [-0.39, 0.29) is 11.2 Å². The van der Waals surface area contributed by atoms with Gasteiger partial charge in [0.2, 0.25) is 11.0 Å².